The van der Waals surface area contributed by atoms with Gasteiger partial charge in [0.2, 0.25) is 5.91 Å². The Kier molecular flexibility index (Phi) is 8.72. The Balaban J connectivity index is 1.28. The van der Waals surface area contributed by atoms with Crippen LogP contribution in [0.25, 0.3) is 11.1 Å². The second kappa shape index (κ2) is 12.6. The van der Waals surface area contributed by atoms with E-state index in [1.54, 1.807) is 6.92 Å². The van der Waals surface area contributed by atoms with Gasteiger partial charge in [0.05, 0.1) is 12.7 Å². The lowest BCUT2D eigenvalue weighted by atomic mass is 9.98. The number of carboxylic acid groups (broad SMARTS) is 1. The van der Waals surface area contributed by atoms with Crippen molar-refractivity contribution >= 4 is 29.7 Å². The van der Waals surface area contributed by atoms with Gasteiger partial charge in [-0.05, 0) is 34.7 Å². The molecule has 0 aromatic heterocycles. The topological polar surface area (TPSA) is 105 Å². The maximum atomic E-state index is 13.6. The smallest absolute Gasteiger partial charge is 0.407 e. The molecular formula is C31H32N2O6S. The highest BCUT2D eigenvalue weighted by Crippen LogP contribution is 2.44. The van der Waals surface area contributed by atoms with Crippen LogP contribution in [0.3, 0.4) is 0 Å². The van der Waals surface area contributed by atoms with E-state index in [-0.39, 0.29) is 31.6 Å². The van der Waals surface area contributed by atoms with Crippen molar-refractivity contribution in [3.05, 3.63) is 95.6 Å². The first-order chi connectivity index (χ1) is 19.4. The number of aliphatic carboxylic acids is 1. The number of fused-ring (bicyclic) bond motifs is 3. The fraction of sp³-hybridized carbons (Fsp3) is 0.323. The lowest BCUT2D eigenvalue weighted by molar-refractivity contribution is -0.140. The van der Waals surface area contributed by atoms with Crippen molar-refractivity contribution in [3.63, 3.8) is 0 Å². The normalized spacial score (nSPS) is 17.8. The zero-order valence-electron chi connectivity index (χ0n) is 22.2. The van der Waals surface area contributed by atoms with Gasteiger partial charge in [-0.25, -0.2) is 4.79 Å². The van der Waals surface area contributed by atoms with Crippen LogP contribution in [0.1, 0.15) is 29.5 Å². The van der Waals surface area contributed by atoms with E-state index in [9.17, 15) is 19.5 Å². The number of nitrogens with one attached hydrogen (secondary N) is 1. The van der Waals surface area contributed by atoms with E-state index in [0.29, 0.717) is 12.3 Å². The number of thioether (sulfide) groups is 1. The number of amides is 2. The van der Waals surface area contributed by atoms with Crippen molar-refractivity contribution in [1.29, 1.82) is 0 Å². The van der Waals surface area contributed by atoms with Gasteiger partial charge in [-0.15, -0.1) is 11.8 Å². The minimum absolute atomic E-state index is 0.0626. The first kappa shape index (κ1) is 27.7. The van der Waals surface area contributed by atoms with Gasteiger partial charge in [-0.1, -0.05) is 78.9 Å². The van der Waals surface area contributed by atoms with E-state index >= 15 is 0 Å². The number of carboxylic acids is 1. The number of benzene rings is 3. The Labute approximate surface area is 237 Å². The predicted octanol–water partition coefficient (Wildman–Crippen LogP) is 4.53. The summed E-state index contributed by atoms with van der Waals surface area (Å²) < 4.78 is 11.7. The van der Waals surface area contributed by atoms with Crippen LogP contribution >= 0.6 is 11.8 Å². The van der Waals surface area contributed by atoms with Gasteiger partial charge < -0.3 is 24.8 Å². The van der Waals surface area contributed by atoms with Gasteiger partial charge in [0.1, 0.15) is 17.9 Å². The third-order valence-electron chi connectivity index (χ3n) is 7.36. The largest absolute Gasteiger partial charge is 0.480 e. The third-order valence-corrected chi connectivity index (χ3v) is 8.53. The molecule has 0 saturated carbocycles. The Morgan fingerprint density at radius 3 is 2.25 bits per heavy atom. The van der Waals surface area contributed by atoms with Gasteiger partial charge in [0.15, 0.2) is 0 Å². The molecule has 1 aliphatic heterocycles. The highest BCUT2D eigenvalue weighted by molar-refractivity contribution is 8.00. The van der Waals surface area contributed by atoms with Crippen molar-refractivity contribution in [2.75, 3.05) is 25.4 Å². The molecule has 1 saturated heterocycles. The molecule has 0 spiro atoms. The summed E-state index contributed by atoms with van der Waals surface area (Å²) in [6.07, 6.45) is -1.41. The number of rotatable bonds is 9. The van der Waals surface area contributed by atoms with Gasteiger partial charge in [-0.3, -0.25) is 9.59 Å². The van der Waals surface area contributed by atoms with Gasteiger partial charge in [0, 0.05) is 24.8 Å². The van der Waals surface area contributed by atoms with Crippen molar-refractivity contribution in [3.8, 4) is 11.1 Å². The van der Waals surface area contributed by atoms with Crippen LogP contribution in [0, 0.1) is 0 Å². The fourth-order valence-electron chi connectivity index (χ4n) is 5.24. The number of carbonyl (C=O) groups excluding carboxylic acids is 2. The molecule has 2 N–H and O–H groups in total. The Hall–Kier alpha value is -3.82. The third kappa shape index (κ3) is 6.16. The first-order valence-corrected chi connectivity index (χ1v) is 14.4. The molecule has 8 nitrogen and oxygen atoms in total. The summed E-state index contributed by atoms with van der Waals surface area (Å²) in [6, 6.07) is 24.6. The molecule has 0 bridgehead atoms. The van der Waals surface area contributed by atoms with Crippen LogP contribution in [0.5, 0.6) is 0 Å². The summed E-state index contributed by atoms with van der Waals surface area (Å²) >= 11 is 1.31. The predicted molar refractivity (Wildman–Crippen MR) is 153 cm³/mol. The summed E-state index contributed by atoms with van der Waals surface area (Å²) in [5, 5.41) is 11.5. The Morgan fingerprint density at radius 1 is 0.975 bits per heavy atom. The summed E-state index contributed by atoms with van der Waals surface area (Å²) in [7, 11) is 0. The molecule has 3 aromatic carbocycles. The van der Waals surface area contributed by atoms with Crippen LogP contribution in [0.2, 0.25) is 0 Å². The lowest BCUT2D eigenvalue weighted by Gasteiger charge is -2.34. The van der Waals surface area contributed by atoms with Crippen molar-refractivity contribution in [2.24, 2.45) is 0 Å². The standard InChI is InChI=1S/C31H32N2O6S/c1-20(38-18-21-9-3-2-4-10-21)28(29(34)33-15-16-40-27(17-33)30(35)36)32-31(37)39-19-26-24-13-7-5-11-22(24)23-12-6-8-14-25(23)26/h2-14,20,26-28H,15-19H2,1H3,(H,32,37)(H,35,36)/t20-,27?,28+/m0/s1. The number of alkyl carbamates (subject to hydrolysis) is 1. The first-order valence-electron chi connectivity index (χ1n) is 13.3. The van der Waals surface area contributed by atoms with Crippen molar-refractivity contribution in [2.45, 2.75) is 36.8 Å². The molecular weight excluding hydrogens is 528 g/mol. The van der Waals surface area contributed by atoms with E-state index in [0.717, 1.165) is 27.8 Å². The average molecular weight is 561 g/mol. The van der Waals surface area contributed by atoms with Crippen LogP contribution in [-0.4, -0.2) is 70.8 Å². The molecule has 208 valence electrons. The van der Waals surface area contributed by atoms with Crippen LogP contribution in [0.4, 0.5) is 4.79 Å². The zero-order chi connectivity index (χ0) is 28.1. The summed E-state index contributed by atoms with van der Waals surface area (Å²) in [5.41, 5.74) is 5.36. The summed E-state index contributed by atoms with van der Waals surface area (Å²) in [4.78, 5) is 39.8. The highest BCUT2D eigenvalue weighted by Gasteiger charge is 2.37. The lowest BCUT2D eigenvalue weighted by Crippen LogP contribution is -2.57. The van der Waals surface area contributed by atoms with E-state index in [1.807, 2.05) is 66.7 Å². The number of nitrogens with zero attached hydrogens (tertiary/aromatic N) is 1. The van der Waals surface area contributed by atoms with Crippen LogP contribution in [0.15, 0.2) is 78.9 Å². The Morgan fingerprint density at radius 2 is 1.60 bits per heavy atom. The number of hydrogen-bond donors (Lipinski definition) is 2. The average Bonchev–Trinajstić information content (AvgIpc) is 3.31. The minimum Gasteiger partial charge on any atom is -0.480 e. The Bertz CT molecular complexity index is 1320. The molecule has 1 fully saturated rings. The zero-order valence-corrected chi connectivity index (χ0v) is 23.0. The molecule has 3 aromatic rings. The number of ether oxygens (including phenoxy) is 2. The number of hydrogen-bond acceptors (Lipinski definition) is 6. The molecule has 2 aliphatic rings. The maximum Gasteiger partial charge on any atom is 0.407 e. The van der Waals surface area contributed by atoms with Crippen molar-refractivity contribution < 1.29 is 29.0 Å². The van der Waals surface area contributed by atoms with E-state index < -0.39 is 29.5 Å². The van der Waals surface area contributed by atoms with E-state index in [4.69, 9.17) is 9.47 Å². The number of carbonyl (C=O) groups is 3. The molecule has 40 heavy (non-hydrogen) atoms. The molecule has 2 amide bonds. The second-order valence-electron chi connectivity index (χ2n) is 9.93. The van der Waals surface area contributed by atoms with Crippen molar-refractivity contribution in [1.82, 2.24) is 10.2 Å². The van der Waals surface area contributed by atoms with Crippen LogP contribution < -0.4 is 5.32 Å². The maximum absolute atomic E-state index is 13.6. The van der Waals surface area contributed by atoms with Gasteiger partial charge in [0.25, 0.3) is 0 Å². The quantitative estimate of drug-likeness (QED) is 0.396. The van der Waals surface area contributed by atoms with Gasteiger partial charge >= 0.3 is 12.1 Å². The van der Waals surface area contributed by atoms with E-state index in [2.05, 4.69) is 17.4 Å². The molecule has 1 aliphatic carbocycles. The monoisotopic (exact) mass is 560 g/mol. The van der Waals surface area contributed by atoms with Crippen LogP contribution in [-0.2, 0) is 25.7 Å². The molecule has 3 atom stereocenters. The van der Waals surface area contributed by atoms with E-state index in [1.165, 1.54) is 16.7 Å². The molecule has 0 radical (unpaired) electrons. The molecule has 9 heteroatoms. The minimum atomic E-state index is -1.04. The molecule has 1 heterocycles. The fourth-order valence-corrected chi connectivity index (χ4v) is 6.28. The summed E-state index contributed by atoms with van der Waals surface area (Å²) in [6.45, 7) is 2.55. The highest BCUT2D eigenvalue weighted by atomic mass is 32.2. The molecule has 5 rings (SSSR count). The second-order valence-corrected chi connectivity index (χ2v) is 11.2. The SMILES string of the molecule is C[C@H](OCc1ccccc1)[C@@H](NC(=O)OCC1c2ccccc2-c2ccccc21)C(=O)N1CCSC(C(=O)O)C1. The molecule has 1 unspecified atom stereocenters. The summed E-state index contributed by atoms with van der Waals surface area (Å²) in [5.74, 6) is -0.966. The van der Waals surface area contributed by atoms with Gasteiger partial charge in [-0.2, -0.15) is 0 Å².